The predicted molar refractivity (Wildman–Crippen MR) is 86.0 cm³/mol. The van der Waals surface area contributed by atoms with Gasteiger partial charge in [0, 0.05) is 42.5 Å². The standard InChI is InChI=1S/C17H19N5/c1-13-4-3-5-15(8-13)17-20-9-14(10-21-17)11-22(2)12-16-18-6-7-19-16/h3-10H,11-12H2,1-2H3,(H,18,19). The summed E-state index contributed by atoms with van der Waals surface area (Å²) >= 11 is 0. The van der Waals surface area contributed by atoms with Crippen LogP contribution in [0.15, 0.2) is 49.1 Å². The minimum atomic E-state index is 0.765. The van der Waals surface area contributed by atoms with Crippen molar-refractivity contribution in [1.29, 1.82) is 0 Å². The fraction of sp³-hybridized carbons (Fsp3) is 0.235. The second-order valence-corrected chi connectivity index (χ2v) is 5.49. The number of aromatic amines is 1. The van der Waals surface area contributed by atoms with Crippen molar-refractivity contribution in [3.05, 3.63) is 66.0 Å². The topological polar surface area (TPSA) is 57.7 Å². The molecule has 0 radical (unpaired) electrons. The minimum Gasteiger partial charge on any atom is -0.348 e. The lowest BCUT2D eigenvalue weighted by Crippen LogP contribution is -2.18. The van der Waals surface area contributed by atoms with Crippen LogP contribution in [0.25, 0.3) is 11.4 Å². The van der Waals surface area contributed by atoms with E-state index in [4.69, 9.17) is 0 Å². The Kier molecular flexibility index (Phi) is 4.25. The number of H-pyrrole nitrogens is 1. The van der Waals surface area contributed by atoms with Crippen LogP contribution < -0.4 is 0 Å². The van der Waals surface area contributed by atoms with Gasteiger partial charge in [-0.15, -0.1) is 0 Å². The van der Waals surface area contributed by atoms with Crippen LogP contribution in [0, 0.1) is 6.92 Å². The van der Waals surface area contributed by atoms with Crippen LogP contribution in [0.5, 0.6) is 0 Å². The molecule has 2 heterocycles. The normalized spacial score (nSPS) is 11.0. The highest BCUT2D eigenvalue weighted by molar-refractivity contribution is 5.55. The number of rotatable bonds is 5. The SMILES string of the molecule is Cc1cccc(-c2ncc(CN(C)Cc3ncc[nH]3)cn2)c1. The lowest BCUT2D eigenvalue weighted by atomic mass is 10.1. The molecule has 5 heteroatoms. The highest BCUT2D eigenvalue weighted by Gasteiger charge is 2.06. The first-order valence-corrected chi connectivity index (χ1v) is 7.25. The Morgan fingerprint density at radius 1 is 1.09 bits per heavy atom. The van der Waals surface area contributed by atoms with E-state index in [-0.39, 0.29) is 0 Å². The van der Waals surface area contributed by atoms with Crippen molar-refractivity contribution in [2.75, 3.05) is 7.05 Å². The maximum absolute atomic E-state index is 4.48. The molecule has 22 heavy (non-hydrogen) atoms. The Labute approximate surface area is 130 Å². The Balaban J connectivity index is 1.66. The molecule has 3 rings (SSSR count). The van der Waals surface area contributed by atoms with Crippen molar-refractivity contribution in [1.82, 2.24) is 24.8 Å². The quantitative estimate of drug-likeness (QED) is 0.786. The largest absolute Gasteiger partial charge is 0.348 e. The Hall–Kier alpha value is -2.53. The fourth-order valence-corrected chi connectivity index (χ4v) is 2.38. The summed E-state index contributed by atoms with van der Waals surface area (Å²) in [5.41, 5.74) is 3.35. The molecule has 0 unspecified atom stereocenters. The molecule has 0 saturated heterocycles. The number of hydrogen-bond acceptors (Lipinski definition) is 4. The average Bonchev–Trinajstić information content (AvgIpc) is 3.01. The van der Waals surface area contributed by atoms with Gasteiger partial charge in [-0.3, -0.25) is 4.90 Å². The molecule has 0 atom stereocenters. The molecule has 0 fully saturated rings. The van der Waals surface area contributed by atoms with Crippen molar-refractivity contribution in [2.45, 2.75) is 20.0 Å². The molecule has 0 amide bonds. The van der Waals surface area contributed by atoms with Gasteiger partial charge in [0.1, 0.15) is 5.82 Å². The summed E-state index contributed by atoms with van der Waals surface area (Å²) in [6.45, 7) is 3.63. The van der Waals surface area contributed by atoms with Crippen LogP contribution in [0.4, 0.5) is 0 Å². The second-order valence-electron chi connectivity index (χ2n) is 5.49. The minimum absolute atomic E-state index is 0.765. The van der Waals surface area contributed by atoms with Gasteiger partial charge in [-0.2, -0.15) is 0 Å². The second kappa shape index (κ2) is 6.49. The first-order chi connectivity index (χ1) is 10.7. The summed E-state index contributed by atoms with van der Waals surface area (Å²) in [6.07, 6.45) is 7.39. The summed E-state index contributed by atoms with van der Waals surface area (Å²) in [4.78, 5) is 18.5. The maximum Gasteiger partial charge on any atom is 0.159 e. The monoisotopic (exact) mass is 293 g/mol. The fourth-order valence-electron chi connectivity index (χ4n) is 2.38. The van der Waals surface area contributed by atoms with E-state index in [1.807, 2.05) is 30.7 Å². The number of imidazole rings is 1. The summed E-state index contributed by atoms with van der Waals surface area (Å²) < 4.78 is 0. The van der Waals surface area contributed by atoms with Crippen molar-refractivity contribution in [3.8, 4) is 11.4 Å². The number of hydrogen-bond donors (Lipinski definition) is 1. The maximum atomic E-state index is 4.48. The average molecular weight is 293 g/mol. The highest BCUT2D eigenvalue weighted by atomic mass is 15.1. The third kappa shape index (κ3) is 3.56. The van der Waals surface area contributed by atoms with E-state index >= 15 is 0 Å². The molecule has 1 N–H and O–H groups in total. The molecule has 0 aliphatic heterocycles. The van der Waals surface area contributed by atoms with Crippen LogP contribution in [-0.2, 0) is 13.1 Å². The smallest absolute Gasteiger partial charge is 0.159 e. The lowest BCUT2D eigenvalue weighted by Gasteiger charge is -2.14. The third-order valence-electron chi connectivity index (χ3n) is 3.41. The molecule has 0 aliphatic rings. The molecule has 1 aromatic carbocycles. The van der Waals surface area contributed by atoms with Crippen molar-refractivity contribution >= 4 is 0 Å². The molecule has 112 valence electrons. The Morgan fingerprint density at radius 2 is 1.91 bits per heavy atom. The van der Waals surface area contributed by atoms with E-state index in [0.717, 1.165) is 35.9 Å². The van der Waals surface area contributed by atoms with Gasteiger partial charge in [-0.05, 0) is 20.0 Å². The van der Waals surface area contributed by atoms with Crippen molar-refractivity contribution < 1.29 is 0 Å². The van der Waals surface area contributed by atoms with Gasteiger partial charge in [0.2, 0.25) is 0 Å². The highest BCUT2D eigenvalue weighted by Crippen LogP contribution is 2.16. The number of aromatic nitrogens is 4. The summed E-state index contributed by atoms with van der Waals surface area (Å²) in [5.74, 6) is 1.72. The first-order valence-electron chi connectivity index (χ1n) is 7.25. The summed E-state index contributed by atoms with van der Waals surface area (Å²) in [5, 5.41) is 0. The van der Waals surface area contributed by atoms with Crippen molar-refractivity contribution in [2.24, 2.45) is 0 Å². The number of aryl methyl sites for hydroxylation is 1. The molecule has 0 bridgehead atoms. The van der Waals surface area contributed by atoms with Gasteiger partial charge in [-0.1, -0.05) is 23.8 Å². The molecule has 5 nitrogen and oxygen atoms in total. The molecule has 0 spiro atoms. The van der Waals surface area contributed by atoms with Crippen LogP contribution in [-0.4, -0.2) is 31.9 Å². The molecule has 0 saturated carbocycles. The van der Waals surface area contributed by atoms with Gasteiger partial charge in [0.25, 0.3) is 0 Å². The Bertz CT molecular complexity index is 719. The van der Waals surface area contributed by atoms with E-state index in [9.17, 15) is 0 Å². The lowest BCUT2D eigenvalue weighted by molar-refractivity contribution is 0.311. The molecular formula is C17H19N5. The van der Waals surface area contributed by atoms with Gasteiger partial charge in [0.05, 0.1) is 6.54 Å². The molecule has 0 aliphatic carbocycles. The predicted octanol–water partition coefficient (Wildman–Crippen LogP) is 2.81. The molecular weight excluding hydrogens is 274 g/mol. The van der Waals surface area contributed by atoms with E-state index < -0.39 is 0 Å². The van der Waals surface area contributed by atoms with E-state index in [2.05, 4.69) is 50.9 Å². The Morgan fingerprint density at radius 3 is 2.59 bits per heavy atom. The summed E-state index contributed by atoms with van der Waals surface area (Å²) in [7, 11) is 2.05. The van der Waals surface area contributed by atoms with E-state index in [1.54, 1.807) is 6.20 Å². The van der Waals surface area contributed by atoms with Gasteiger partial charge < -0.3 is 4.98 Å². The number of benzene rings is 1. The van der Waals surface area contributed by atoms with E-state index in [1.165, 1.54) is 5.56 Å². The third-order valence-corrected chi connectivity index (χ3v) is 3.41. The van der Waals surface area contributed by atoms with Crippen molar-refractivity contribution in [3.63, 3.8) is 0 Å². The molecule has 3 aromatic rings. The van der Waals surface area contributed by atoms with Crippen LogP contribution in [0.1, 0.15) is 17.0 Å². The zero-order valence-electron chi connectivity index (χ0n) is 12.8. The van der Waals surface area contributed by atoms with Crippen LogP contribution in [0.3, 0.4) is 0 Å². The zero-order chi connectivity index (χ0) is 15.4. The molecule has 2 aromatic heterocycles. The van der Waals surface area contributed by atoms with Gasteiger partial charge >= 0.3 is 0 Å². The first kappa shape index (κ1) is 14.4. The van der Waals surface area contributed by atoms with Crippen LogP contribution >= 0.6 is 0 Å². The van der Waals surface area contributed by atoms with Crippen LogP contribution in [0.2, 0.25) is 0 Å². The van der Waals surface area contributed by atoms with E-state index in [0.29, 0.717) is 0 Å². The van der Waals surface area contributed by atoms with Gasteiger partial charge in [-0.25, -0.2) is 15.0 Å². The summed E-state index contributed by atoms with van der Waals surface area (Å²) in [6, 6.07) is 8.23. The van der Waals surface area contributed by atoms with Gasteiger partial charge in [0.15, 0.2) is 5.82 Å². The number of nitrogens with one attached hydrogen (secondary N) is 1. The zero-order valence-corrected chi connectivity index (χ0v) is 12.8. The number of nitrogens with zero attached hydrogens (tertiary/aromatic N) is 4.